The molecule has 1 atom stereocenters. The smallest absolute Gasteiger partial charge is 0.260 e. The van der Waals surface area contributed by atoms with Crippen molar-refractivity contribution in [1.82, 2.24) is 10.1 Å². The van der Waals surface area contributed by atoms with Crippen LogP contribution in [0.4, 0.5) is 0 Å². The molecule has 1 amide bonds. The first-order valence-corrected chi connectivity index (χ1v) is 6.84. The van der Waals surface area contributed by atoms with E-state index in [1.54, 1.807) is 7.05 Å². The van der Waals surface area contributed by atoms with E-state index in [0.717, 1.165) is 4.88 Å². The number of amides is 1. The predicted octanol–water partition coefficient (Wildman–Crippen LogP) is 2.16. The molecule has 0 aliphatic heterocycles. The van der Waals surface area contributed by atoms with Crippen molar-refractivity contribution >= 4 is 17.2 Å². The fourth-order valence-electron chi connectivity index (χ4n) is 1.78. The fourth-order valence-corrected chi connectivity index (χ4v) is 2.49. The number of aliphatic hydroxyl groups excluding tert-OH is 1. The standard InChI is InChI=1S/C14H14N2O3S/c1-4-7-16(3)14(18)11-12(10-6-5-8-20-10)15-19-13(11)9(2)17/h1,5-6,8-9,17H,7H2,2-3H3/t9-/m0/s1. The maximum Gasteiger partial charge on any atom is 0.260 e. The number of rotatable bonds is 4. The Kier molecular flexibility index (Phi) is 4.23. The maximum absolute atomic E-state index is 12.5. The molecule has 0 aromatic carbocycles. The summed E-state index contributed by atoms with van der Waals surface area (Å²) in [4.78, 5) is 14.6. The highest BCUT2D eigenvalue weighted by atomic mass is 32.1. The molecular formula is C14H14N2O3S. The second-order valence-electron chi connectivity index (χ2n) is 4.29. The highest BCUT2D eigenvalue weighted by Gasteiger charge is 2.28. The number of aromatic nitrogens is 1. The van der Waals surface area contributed by atoms with E-state index >= 15 is 0 Å². The Bertz CT molecular complexity index is 638. The van der Waals surface area contributed by atoms with E-state index in [2.05, 4.69) is 11.1 Å². The van der Waals surface area contributed by atoms with Gasteiger partial charge in [0.25, 0.3) is 5.91 Å². The summed E-state index contributed by atoms with van der Waals surface area (Å²) in [6.07, 6.45) is 4.30. The van der Waals surface area contributed by atoms with E-state index in [9.17, 15) is 9.90 Å². The molecule has 1 N–H and O–H groups in total. The predicted molar refractivity (Wildman–Crippen MR) is 76.2 cm³/mol. The summed E-state index contributed by atoms with van der Waals surface area (Å²) in [5.41, 5.74) is 0.699. The summed E-state index contributed by atoms with van der Waals surface area (Å²) < 4.78 is 5.14. The first kappa shape index (κ1) is 14.3. The summed E-state index contributed by atoms with van der Waals surface area (Å²) >= 11 is 1.44. The van der Waals surface area contributed by atoms with Gasteiger partial charge in [-0.15, -0.1) is 17.8 Å². The van der Waals surface area contributed by atoms with Crippen LogP contribution >= 0.6 is 11.3 Å². The molecule has 0 fully saturated rings. The third-order valence-corrected chi connectivity index (χ3v) is 3.62. The molecule has 0 aliphatic rings. The largest absolute Gasteiger partial charge is 0.385 e. The normalized spacial score (nSPS) is 11.9. The summed E-state index contributed by atoms with van der Waals surface area (Å²) in [5, 5.41) is 15.5. The molecule has 0 saturated heterocycles. The molecule has 104 valence electrons. The lowest BCUT2D eigenvalue weighted by atomic mass is 10.1. The molecular weight excluding hydrogens is 276 g/mol. The zero-order valence-corrected chi connectivity index (χ0v) is 12.0. The number of carbonyl (C=O) groups is 1. The van der Waals surface area contributed by atoms with Crippen LogP contribution in [0.2, 0.25) is 0 Å². The minimum atomic E-state index is -0.922. The van der Waals surface area contributed by atoms with Gasteiger partial charge in [0.15, 0.2) is 5.76 Å². The Morgan fingerprint density at radius 2 is 2.45 bits per heavy atom. The van der Waals surface area contributed by atoms with E-state index in [4.69, 9.17) is 10.9 Å². The van der Waals surface area contributed by atoms with Crippen molar-refractivity contribution in [3.63, 3.8) is 0 Å². The Balaban J connectivity index is 2.51. The third kappa shape index (κ3) is 2.59. The number of nitrogens with zero attached hydrogens (tertiary/aromatic N) is 2. The molecule has 0 spiro atoms. The van der Waals surface area contributed by atoms with Gasteiger partial charge in [0.2, 0.25) is 0 Å². The van der Waals surface area contributed by atoms with Gasteiger partial charge >= 0.3 is 0 Å². The number of hydrogen-bond acceptors (Lipinski definition) is 5. The van der Waals surface area contributed by atoms with E-state index in [1.807, 2.05) is 17.5 Å². The molecule has 2 aromatic heterocycles. The quantitative estimate of drug-likeness (QED) is 0.876. The Labute approximate surface area is 120 Å². The van der Waals surface area contributed by atoms with Crippen LogP contribution in [0.25, 0.3) is 10.6 Å². The summed E-state index contributed by atoms with van der Waals surface area (Å²) in [7, 11) is 1.60. The Morgan fingerprint density at radius 3 is 3.00 bits per heavy atom. The molecule has 2 rings (SSSR count). The van der Waals surface area contributed by atoms with Crippen LogP contribution in [0.5, 0.6) is 0 Å². The molecule has 0 aliphatic carbocycles. The number of carbonyl (C=O) groups excluding carboxylic acids is 1. The SMILES string of the molecule is C#CCN(C)C(=O)c1c(-c2cccs2)noc1[C@H](C)O. The summed E-state index contributed by atoms with van der Waals surface area (Å²) in [6.45, 7) is 1.70. The lowest BCUT2D eigenvalue weighted by Gasteiger charge is -2.14. The fraction of sp³-hybridized carbons (Fsp3) is 0.286. The van der Waals surface area contributed by atoms with Crippen molar-refractivity contribution in [2.24, 2.45) is 0 Å². The van der Waals surface area contributed by atoms with Gasteiger partial charge in [-0.25, -0.2) is 0 Å². The van der Waals surface area contributed by atoms with Crippen molar-refractivity contribution in [1.29, 1.82) is 0 Å². The van der Waals surface area contributed by atoms with Crippen molar-refractivity contribution in [2.75, 3.05) is 13.6 Å². The van der Waals surface area contributed by atoms with Crippen LogP contribution in [-0.2, 0) is 0 Å². The van der Waals surface area contributed by atoms with Gasteiger partial charge in [0.1, 0.15) is 17.4 Å². The first-order chi connectivity index (χ1) is 9.56. The molecule has 5 nitrogen and oxygen atoms in total. The lowest BCUT2D eigenvalue weighted by Crippen LogP contribution is -2.28. The average Bonchev–Trinajstić information content (AvgIpc) is 3.06. The highest BCUT2D eigenvalue weighted by molar-refractivity contribution is 7.13. The topological polar surface area (TPSA) is 66.6 Å². The molecule has 0 unspecified atom stereocenters. The molecule has 0 radical (unpaired) electrons. The van der Waals surface area contributed by atoms with Crippen LogP contribution < -0.4 is 0 Å². The molecule has 2 heterocycles. The van der Waals surface area contributed by atoms with E-state index in [0.29, 0.717) is 5.69 Å². The summed E-state index contributed by atoms with van der Waals surface area (Å²) in [6, 6.07) is 3.70. The monoisotopic (exact) mass is 290 g/mol. The zero-order chi connectivity index (χ0) is 14.7. The van der Waals surface area contributed by atoms with Crippen molar-refractivity contribution in [2.45, 2.75) is 13.0 Å². The van der Waals surface area contributed by atoms with Crippen LogP contribution in [0.1, 0.15) is 29.1 Å². The van der Waals surface area contributed by atoms with E-state index < -0.39 is 6.10 Å². The zero-order valence-electron chi connectivity index (χ0n) is 11.2. The van der Waals surface area contributed by atoms with Crippen molar-refractivity contribution in [3.05, 3.63) is 28.8 Å². The minimum Gasteiger partial charge on any atom is -0.385 e. The van der Waals surface area contributed by atoms with Crippen LogP contribution in [-0.4, -0.2) is 34.7 Å². The molecule has 20 heavy (non-hydrogen) atoms. The van der Waals surface area contributed by atoms with Gasteiger partial charge in [0, 0.05) is 7.05 Å². The number of aliphatic hydroxyl groups is 1. The average molecular weight is 290 g/mol. The van der Waals surface area contributed by atoms with Crippen LogP contribution in [0.3, 0.4) is 0 Å². The number of thiophene rings is 1. The molecule has 6 heteroatoms. The van der Waals surface area contributed by atoms with Crippen molar-refractivity contribution < 1.29 is 14.4 Å². The van der Waals surface area contributed by atoms with Gasteiger partial charge in [-0.3, -0.25) is 4.79 Å². The van der Waals surface area contributed by atoms with E-state index in [1.165, 1.54) is 23.2 Å². The van der Waals surface area contributed by atoms with Crippen LogP contribution in [0.15, 0.2) is 22.0 Å². The van der Waals surface area contributed by atoms with Gasteiger partial charge in [-0.2, -0.15) is 0 Å². The van der Waals surface area contributed by atoms with Gasteiger partial charge < -0.3 is 14.5 Å². The highest BCUT2D eigenvalue weighted by Crippen LogP contribution is 2.32. The first-order valence-electron chi connectivity index (χ1n) is 5.96. The van der Waals surface area contributed by atoms with Crippen molar-refractivity contribution in [3.8, 4) is 22.9 Å². The maximum atomic E-state index is 12.5. The van der Waals surface area contributed by atoms with Gasteiger partial charge in [-0.05, 0) is 18.4 Å². The van der Waals surface area contributed by atoms with Crippen LogP contribution in [0, 0.1) is 12.3 Å². The number of hydrogen-bond donors (Lipinski definition) is 1. The molecule has 0 saturated carbocycles. The van der Waals surface area contributed by atoms with E-state index in [-0.39, 0.29) is 23.8 Å². The third-order valence-electron chi connectivity index (χ3n) is 2.74. The van der Waals surface area contributed by atoms with Gasteiger partial charge in [-0.1, -0.05) is 17.1 Å². The summed E-state index contributed by atoms with van der Waals surface area (Å²) in [5.74, 6) is 2.25. The Morgan fingerprint density at radius 1 is 1.70 bits per heavy atom. The lowest BCUT2D eigenvalue weighted by molar-refractivity contribution is 0.0800. The molecule has 2 aromatic rings. The number of terminal acetylenes is 1. The Hall–Kier alpha value is -2.10. The molecule has 0 bridgehead atoms. The second kappa shape index (κ2) is 5.90. The van der Waals surface area contributed by atoms with Gasteiger partial charge in [0.05, 0.1) is 11.4 Å². The minimum absolute atomic E-state index is 0.155. The second-order valence-corrected chi connectivity index (χ2v) is 5.24.